The van der Waals surface area contributed by atoms with Crippen molar-refractivity contribution in [2.75, 3.05) is 46.8 Å². The predicted octanol–water partition coefficient (Wildman–Crippen LogP) is 1.90. The summed E-state index contributed by atoms with van der Waals surface area (Å²) in [5.74, 6) is 0. The molecule has 1 heterocycles. The van der Waals surface area contributed by atoms with Gasteiger partial charge in [0.15, 0.2) is 0 Å². The van der Waals surface area contributed by atoms with Crippen LogP contribution in [0.25, 0.3) is 6.08 Å². The minimum Gasteiger partial charge on any atom is -0.298 e. The van der Waals surface area contributed by atoms with E-state index in [0.717, 1.165) is 26.1 Å². The Balaban J connectivity index is 1.95. The molecule has 1 aliphatic heterocycles. The highest BCUT2D eigenvalue weighted by Crippen LogP contribution is 2.13. The highest BCUT2D eigenvalue weighted by atomic mass is 32.2. The normalized spacial score (nSPS) is 19.0. The fraction of sp³-hybridized carbons (Fsp3) is 0.529. The van der Waals surface area contributed by atoms with Gasteiger partial charge in [0.25, 0.3) is 10.2 Å². The van der Waals surface area contributed by atoms with Crippen LogP contribution in [0.15, 0.2) is 35.9 Å². The second-order valence-electron chi connectivity index (χ2n) is 6.22. The van der Waals surface area contributed by atoms with Crippen LogP contribution in [-0.2, 0) is 10.2 Å². The molecule has 1 aliphatic rings. The number of hydrogen-bond donors (Lipinski definition) is 0. The lowest BCUT2D eigenvalue weighted by molar-refractivity contribution is 0.307. The van der Waals surface area contributed by atoms with Crippen LogP contribution in [0.1, 0.15) is 18.9 Å². The maximum Gasteiger partial charge on any atom is 0.281 e. The average Bonchev–Trinajstić information content (AvgIpc) is 2.74. The Hall–Kier alpha value is -1.21. The van der Waals surface area contributed by atoms with Gasteiger partial charge >= 0.3 is 0 Å². The van der Waals surface area contributed by atoms with Crippen LogP contribution in [0.4, 0.5) is 0 Å². The fourth-order valence-electron chi connectivity index (χ4n) is 2.80. The number of hydrogen-bond acceptors (Lipinski definition) is 3. The van der Waals surface area contributed by atoms with Crippen LogP contribution in [-0.4, -0.2) is 68.7 Å². The minimum atomic E-state index is -3.30. The molecule has 1 fully saturated rings. The van der Waals surface area contributed by atoms with E-state index in [1.54, 1.807) is 18.4 Å². The highest BCUT2D eigenvalue weighted by molar-refractivity contribution is 7.86. The first-order valence-electron chi connectivity index (χ1n) is 8.02. The van der Waals surface area contributed by atoms with Crippen LogP contribution >= 0.6 is 0 Å². The summed E-state index contributed by atoms with van der Waals surface area (Å²) in [7, 11) is -0.122. The van der Waals surface area contributed by atoms with E-state index in [2.05, 4.69) is 30.0 Å². The molecule has 5 nitrogen and oxygen atoms in total. The summed E-state index contributed by atoms with van der Waals surface area (Å²) in [4.78, 5) is 2.33. The van der Waals surface area contributed by atoms with E-state index in [9.17, 15) is 8.42 Å². The van der Waals surface area contributed by atoms with Gasteiger partial charge in [-0.15, -0.1) is 0 Å². The molecule has 1 aromatic carbocycles. The zero-order valence-corrected chi connectivity index (χ0v) is 15.1. The summed E-state index contributed by atoms with van der Waals surface area (Å²) >= 11 is 0. The van der Waals surface area contributed by atoms with Gasteiger partial charge in [0.05, 0.1) is 0 Å². The molecule has 0 saturated carbocycles. The first-order chi connectivity index (χ1) is 10.9. The quantitative estimate of drug-likeness (QED) is 0.824. The molecule has 0 radical (unpaired) electrons. The van der Waals surface area contributed by atoms with Gasteiger partial charge in [0, 0.05) is 40.3 Å². The third-order valence-electron chi connectivity index (χ3n) is 4.02. The second-order valence-corrected chi connectivity index (χ2v) is 8.36. The maximum absolute atomic E-state index is 12.2. The molecule has 1 aromatic rings. The smallest absolute Gasteiger partial charge is 0.281 e. The standard InChI is InChI=1S/C17H27N3O2S/c1-16(14-17-8-5-4-6-9-17)15-19-10-7-11-20(13-12-19)23(21,22)18(2)3/h4-6,8-9,14H,7,10-13,15H2,1-3H3. The van der Waals surface area contributed by atoms with E-state index in [0.29, 0.717) is 13.1 Å². The molecule has 1 saturated heterocycles. The predicted molar refractivity (Wildman–Crippen MR) is 95.3 cm³/mol. The lowest BCUT2D eigenvalue weighted by atomic mass is 10.1. The SMILES string of the molecule is CC(=Cc1ccccc1)CN1CCCN(S(=O)(=O)N(C)C)CC1. The molecule has 0 spiro atoms. The maximum atomic E-state index is 12.2. The Morgan fingerprint density at radius 1 is 1.13 bits per heavy atom. The van der Waals surface area contributed by atoms with Crippen LogP contribution in [0, 0.1) is 0 Å². The van der Waals surface area contributed by atoms with Crippen LogP contribution in [0.3, 0.4) is 0 Å². The summed E-state index contributed by atoms with van der Waals surface area (Å²) < 4.78 is 27.3. The van der Waals surface area contributed by atoms with Crippen molar-refractivity contribution in [3.8, 4) is 0 Å². The van der Waals surface area contributed by atoms with Gasteiger partial charge in [-0.2, -0.15) is 17.0 Å². The van der Waals surface area contributed by atoms with Crippen LogP contribution in [0.5, 0.6) is 0 Å². The van der Waals surface area contributed by atoms with E-state index in [4.69, 9.17) is 0 Å². The monoisotopic (exact) mass is 337 g/mol. The van der Waals surface area contributed by atoms with Gasteiger partial charge in [-0.05, 0) is 25.5 Å². The Morgan fingerprint density at radius 3 is 2.48 bits per heavy atom. The molecule has 0 atom stereocenters. The van der Waals surface area contributed by atoms with Crippen molar-refractivity contribution in [1.82, 2.24) is 13.5 Å². The lowest BCUT2D eigenvalue weighted by Crippen LogP contribution is -2.42. The molecular formula is C17H27N3O2S. The summed E-state index contributed by atoms with van der Waals surface area (Å²) in [6.45, 7) is 5.86. The van der Waals surface area contributed by atoms with Gasteiger partial charge in [-0.1, -0.05) is 42.0 Å². The highest BCUT2D eigenvalue weighted by Gasteiger charge is 2.26. The van der Waals surface area contributed by atoms with E-state index in [1.807, 2.05) is 18.2 Å². The third kappa shape index (κ3) is 5.14. The summed E-state index contributed by atoms with van der Waals surface area (Å²) in [5.41, 5.74) is 2.50. The second kappa shape index (κ2) is 8.06. The van der Waals surface area contributed by atoms with Crippen molar-refractivity contribution < 1.29 is 8.42 Å². The number of rotatable bonds is 5. The van der Waals surface area contributed by atoms with Crippen molar-refractivity contribution in [2.45, 2.75) is 13.3 Å². The van der Waals surface area contributed by atoms with Gasteiger partial charge in [-0.25, -0.2) is 0 Å². The van der Waals surface area contributed by atoms with E-state index < -0.39 is 10.2 Å². The van der Waals surface area contributed by atoms with E-state index in [1.165, 1.54) is 15.4 Å². The molecule has 23 heavy (non-hydrogen) atoms. The first kappa shape index (κ1) is 18.1. The average molecular weight is 337 g/mol. The molecule has 0 aliphatic carbocycles. The number of benzene rings is 1. The van der Waals surface area contributed by atoms with E-state index in [-0.39, 0.29) is 0 Å². The fourth-order valence-corrected chi connectivity index (χ4v) is 3.93. The first-order valence-corrected chi connectivity index (χ1v) is 9.41. The topological polar surface area (TPSA) is 43.9 Å². The van der Waals surface area contributed by atoms with Gasteiger partial charge in [0.2, 0.25) is 0 Å². The summed E-state index contributed by atoms with van der Waals surface area (Å²) in [6.07, 6.45) is 3.06. The molecular weight excluding hydrogens is 310 g/mol. The van der Waals surface area contributed by atoms with Crippen molar-refractivity contribution in [1.29, 1.82) is 0 Å². The molecule has 128 valence electrons. The van der Waals surface area contributed by atoms with Crippen LogP contribution < -0.4 is 0 Å². The molecule has 6 heteroatoms. The van der Waals surface area contributed by atoms with Gasteiger partial charge in [0.1, 0.15) is 0 Å². The Bertz CT molecular complexity index is 626. The zero-order valence-electron chi connectivity index (χ0n) is 14.3. The van der Waals surface area contributed by atoms with E-state index >= 15 is 0 Å². The number of nitrogens with zero attached hydrogens (tertiary/aromatic N) is 3. The Kier molecular flexibility index (Phi) is 6.35. The minimum absolute atomic E-state index is 0.555. The molecule has 0 aromatic heterocycles. The largest absolute Gasteiger partial charge is 0.298 e. The van der Waals surface area contributed by atoms with Crippen molar-refractivity contribution in [2.24, 2.45) is 0 Å². The van der Waals surface area contributed by atoms with Crippen molar-refractivity contribution in [3.63, 3.8) is 0 Å². The summed E-state index contributed by atoms with van der Waals surface area (Å²) in [6, 6.07) is 10.3. The molecule has 0 amide bonds. The third-order valence-corrected chi connectivity index (χ3v) is 5.96. The Morgan fingerprint density at radius 2 is 1.83 bits per heavy atom. The zero-order chi connectivity index (χ0) is 16.9. The van der Waals surface area contributed by atoms with Gasteiger partial charge < -0.3 is 0 Å². The van der Waals surface area contributed by atoms with Crippen molar-refractivity contribution in [3.05, 3.63) is 41.5 Å². The Labute approximate surface area is 140 Å². The van der Waals surface area contributed by atoms with Gasteiger partial charge in [-0.3, -0.25) is 4.90 Å². The van der Waals surface area contributed by atoms with Crippen molar-refractivity contribution >= 4 is 16.3 Å². The molecule has 0 bridgehead atoms. The molecule has 0 N–H and O–H groups in total. The van der Waals surface area contributed by atoms with Crippen LogP contribution in [0.2, 0.25) is 0 Å². The summed E-state index contributed by atoms with van der Waals surface area (Å²) in [5, 5.41) is 0. The lowest BCUT2D eigenvalue weighted by Gasteiger charge is -2.24. The molecule has 0 unspecified atom stereocenters. The molecule has 2 rings (SSSR count).